The molecule has 136 valence electrons. The van der Waals surface area contributed by atoms with Gasteiger partial charge in [-0.15, -0.1) is 0 Å². The van der Waals surface area contributed by atoms with Crippen molar-refractivity contribution < 1.29 is 9.18 Å². The molecular weight excluding hydrogens is 398 g/mol. The van der Waals surface area contributed by atoms with Gasteiger partial charge in [-0.2, -0.15) is 0 Å². The predicted octanol–water partition coefficient (Wildman–Crippen LogP) is 5.51. The van der Waals surface area contributed by atoms with E-state index in [1.54, 1.807) is 0 Å². The Hall–Kier alpha value is -1.59. The van der Waals surface area contributed by atoms with Gasteiger partial charge in [-0.25, -0.2) is 4.39 Å². The van der Waals surface area contributed by atoms with Gasteiger partial charge in [-0.1, -0.05) is 34.8 Å². The molecule has 1 aliphatic heterocycles. The van der Waals surface area contributed by atoms with Crippen LogP contribution in [0.5, 0.6) is 0 Å². The molecule has 0 unspecified atom stereocenters. The normalized spacial score (nSPS) is 13.8. The summed E-state index contributed by atoms with van der Waals surface area (Å²) in [5.41, 5.74) is 3.70. The maximum absolute atomic E-state index is 12.3. The topological polar surface area (TPSA) is 36.1 Å². The summed E-state index contributed by atoms with van der Waals surface area (Å²) in [5.74, 6) is -0.410. The van der Waals surface area contributed by atoms with Crippen molar-refractivity contribution in [2.45, 2.75) is 13.0 Å². The molecule has 0 atom stereocenters. The van der Waals surface area contributed by atoms with E-state index in [0.717, 1.165) is 36.3 Å². The molecule has 3 aromatic rings. The molecule has 0 fully saturated rings. The van der Waals surface area contributed by atoms with Crippen LogP contribution in [0, 0.1) is 5.82 Å². The largest absolute Gasteiger partial charge is 0.357 e. The van der Waals surface area contributed by atoms with E-state index in [1.165, 1.54) is 34.8 Å². The summed E-state index contributed by atoms with van der Waals surface area (Å²) in [4.78, 5) is 16.1. The summed E-state index contributed by atoms with van der Waals surface area (Å²) in [5, 5.41) is 2.63. The monoisotopic (exact) mass is 412 g/mol. The first-order valence-electron chi connectivity index (χ1n) is 8.03. The number of rotatable bonds is 2. The number of hydrogen-bond acceptors (Lipinski definition) is 2. The minimum Gasteiger partial charge on any atom is -0.357 e. The summed E-state index contributed by atoms with van der Waals surface area (Å²) < 4.78 is 12.3. The predicted molar refractivity (Wildman–Crippen MR) is 105 cm³/mol. The highest BCUT2D eigenvalue weighted by molar-refractivity contribution is 6.34. The second-order valence-electron chi connectivity index (χ2n) is 6.01. The van der Waals surface area contributed by atoms with Gasteiger partial charge in [-0.05, 0) is 48.4 Å². The van der Waals surface area contributed by atoms with E-state index in [2.05, 4.69) is 9.88 Å². The summed E-state index contributed by atoms with van der Waals surface area (Å²) >= 11 is 16.9. The number of aromatic nitrogens is 1. The zero-order chi connectivity index (χ0) is 18.7. The Morgan fingerprint density at radius 2 is 1.81 bits per heavy atom. The SMILES string of the molecule is Fc1cc(Cl)cc(Cl)c1.O=CCN1CCc2c([nH]c3ccc(Cl)cc23)C1. The molecule has 0 radical (unpaired) electrons. The van der Waals surface area contributed by atoms with Crippen molar-refractivity contribution in [2.24, 2.45) is 0 Å². The molecule has 0 spiro atoms. The molecule has 1 aliphatic rings. The van der Waals surface area contributed by atoms with Crippen LogP contribution in [0.25, 0.3) is 10.9 Å². The number of carbonyl (C=O) groups excluding carboxylic acids is 1. The molecule has 0 saturated carbocycles. The molecule has 0 saturated heterocycles. The van der Waals surface area contributed by atoms with Crippen molar-refractivity contribution in [3.8, 4) is 0 Å². The molecule has 3 nitrogen and oxygen atoms in total. The van der Waals surface area contributed by atoms with Gasteiger partial charge < -0.3 is 9.78 Å². The van der Waals surface area contributed by atoms with E-state index in [1.807, 2.05) is 18.2 Å². The average Bonchev–Trinajstić information content (AvgIpc) is 2.91. The van der Waals surface area contributed by atoms with Gasteiger partial charge in [0.25, 0.3) is 0 Å². The first kappa shape index (κ1) is 19.2. The van der Waals surface area contributed by atoms with Gasteiger partial charge in [-0.3, -0.25) is 4.90 Å². The number of fused-ring (bicyclic) bond motifs is 3. The Kier molecular flexibility index (Phi) is 6.20. The molecule has 0 bridgehead atoms. The maximum atomic E-state index is 12.3. The van der Waals surface area contributed by atoms with Crippen LogP contribution >= 0.6 is 34.8 Å². The molecular formula is C19H16Cl3FN2O. The lowest BCUT2D eigenvalue weighted by Gasteiger charge is -2.24. The lowest BCUT2D eigenvalue weighted by Crippen LogP contribution is -2.31. The number of H-pyrrole nitrogens is 1. The van der Waals surface area contributed by atoms with Gasteiger partial charge in [0.15, 0.2) is 0 Å². The lowest BCUT2D eigenvalue weighted by atomic mass is 10.0. The van der Waals surface area contributed by atoms with E-state index >= 15 is 0 Å². The molecule has 26 heavy (non-hydrogen) atoms. The van der Waals surface area contributed by atoms with Gasteiger partial charge in [0, 0.05) is 44.8 Å². The number of aldehydes is 1. The molecule has 2 aromatic carbocycles. The van der Waals surface area contributed by atoms with Crippen molar-refractivity contribution in [1.82, 2.24) is 9.88 Å². The van der Waals surface area contributed by atoms with Crippen LogP contribution in [0.4, 0.5) is 4.39 Å². The Balaban J connectivity index is 0.000000185. The number of nitrogens with one attached hydrogen (secondary N) is 1. The van der Waals surface area contributed by atoms with Gasteiger partial charge in [0.1, 0.15) is 12.1 Å². The number of hydrogen-bond donors (Lipinski definition) is 1. The minimum absolute atomic E-state index is 0.319. The summed E-state index contributed by atoms with van der Waals surface area (Å²) in [6.45, 7) is 2.27. The Morgan fingerprint density at radius 3 is 2.46 bits per heavy atom. The van der Waals surface area contributed by atoms with Crippen molar-refractivity contribution in [2.75, 3.05) is 13.1 Å². The Morgan fingerprint density at radius 1 is 1.08 bits per heavy atom. The highest BCUT2D eigenvalue weighted by Gasteiger charge is 2.20. The average molecular weight is 414 g/mol. The van der Waals surface area contributed by atoms with Crippen molar-refractivity contribution in [3.63, 3.8) is 0 Å². The summed E-state index contributed by atoms with van der Waals surface area (Å²) in [6.07, 6.45) is 1.94. The lowest BCUT2D eigenvalue weighted by molar-refractivity contribution is -0.109. The van der Waals surface area contributed by atoms with E-state index in [9.17, 15) is 9.18 Å². The zero-order valence-electron chi connectivity index (χ0n) is 13.7. The van der Waals surface area contributed by atoms with Crippen LogP contribution in [-0.2, 0) is 17.8 Å². The van der Waals surface area contributed by atoms with Crippen LogP contribution in [0.2, 0.25) is 15.1 Å². The van der Waals surface area contributed by atoms with Gasteiger partial charge >= 0.3 is 0 Å². The Bertz CT molecular complexity index is 891. The first-order valence-corrected chi connectivity index (χ1v) is 9.16. The summed E-state index contributed by atoms with van der Waals surface area (Å²) in [6, 6.07) is 9.81. The minimum atomic E-state index is -0.410. The van der Waals surface area contributed by atoms with E-state index in [0.29, 0.717) is 16.6 Å². The number of benzene rings is 2. The van der Waals surface area contributed by atoms with E-state index in [4.69, 9.17) is 34.8 Å². The molecule has 4 rings (SSSR count). The molecule has 0 amide bonds. The molecule has 2 heterocycles. The van der Waals surface area contributed by atoms with Gasteiger partial charge in [0.2, 0.25) is 0 Å². The fraction of sp³-hybridized carbons (Fsp3) is 0.211. The number of halogens is 4. The van der Waals surface area contributed by atoms with Crippen LogP contribution < -0.4 is 0 Å². The van der Waals surface area contributed by atoms with Crippen LogP contribution in [0.15, 0.2) is 36.4 Å². The summed E-state index contributed by atoms with van der Waals surface area (Å²) in [7, 11) is 0. The molecule has 1 aromatic heterocycles. The third kappa shape index (κ3) is 4.57. The second-order valence-corrected chi connectivity index (χ2v) is 7.32. The zero-order valence-corrected chi connectivity index (χ0v) is 16.0. The second kappa shape index (κ2) is 8.40. The van der Waals surface area contributed by atoms with Crippen LogP contribution in [0.1, 0.15) is 11.3 Å². The van der Waals surface area contributed by atoms with Crippen LogP contribution in [-0.4, -0.2) is 29.3 Å². The number of carbonyl (C=O) groups is 1. The molecule has 0 aliphatic carbocycles. The highest BCUT2D eigenvalue weighted by Crippen LogP contribution is 2.29. The molecule has 1 N–H and O–H groups in total. The fourth-order valence-electron chi connectivity index (χ4n) is 3.05. The van der Waals surface area contributed by atoms with E-state index in [-0.39, 0.29) is 0 Å². The first-order chi connectivity index (χ1) is 12.5. The van der Waals surface area contributed by atoms with Gasteiger partial charge in [0.05, 0.1) is 6.54 Å². The third-order valence-electron chi connectivity index (χ3n) is 4.18. The number of aromatic amines is 1. The number of nitrogens with zero attached hydrogens (tertiary/aromatic N) is 1. The molecule has 7 heteroatoms. The van der Waals surface area contributed by atoms with Crippen molar-refractivity contribution in [3.05, 3.63) is 68.5 Å². The van der Waals surface area contributed by atoms with Crippen molar-refractivity contribution in [1.29, 1.82) is 0 Å². The Labute approximate surface area is 165 Å². The fourth-order valence-corrected chi connectivity index (χ4v) is 3.72. The standard InChI is InChI=1S/C13H13ClN2O.C6H3Cl2F/c14-9-1-2-12-11(7-9)10-3-4-16(5-6-17)8-13(10)15-12;7-4-1-5(8)3-6(9)2-4/h1-2,6-7,15H,3-5,8H2;1-3H. The van der Waals surface area contributed by atoms with E-state index < -0.39 is 5.82 Å². The van der Waals surface area contributed by atoms with Crippen LogP contribution in [0.3, 0.4) is 0 Å². The van der Waals surface area contributed by atoms with Crippen molar-refractivity contribution >= 4 is 52.0 Å². The quantitative estimate of drug-likeness (QED) is 0.562. The maximum Gasteiger partial charge on any atom is 0.133 e. The smallest absolute Gasteiger partial charge is 0.133 e. The highest BCUT2D eigenvalue weighted by atomic mass is 35.5. The third-order valence-corrected chi connectivity index (χ3v) is 4.85.